The van der Waals surface area contributed by atoms with E-state index in [0.717, 1.165) is 25.1 Å². The van der Waals surface area contributed by atoms with Crippen molar-refractivity contribution in [1.82, 2.24) is 9.21 Å². The fraction of sp³-hybridized carbons (Fsp3) is 0.429. The van der Waals surface area contributed by atoms with Crippen LogP contribution < -0.4 is 0 Å². The lowest BCUT2D eigenvalue weighted by Gasteiger charge is -2.46. The van der Waals surface area contributed by atoms with Crippen molar-refractivity contribution in [2.24, 2.45) is 0 Å². The van der Waals surface area contributed by atoms with Crippen LogP contribution in [0.3, 0.4) is 0 Å². The molecule has 0 aliphatic carbocycles. The molecular formula is C21H26N2O2S. The van der Waals surface area contributed by atoms with Gasteiger partial charge in [-0.25, -0.2) is 8.42 Å². The molecule has 138 valence electrons. The molecule has 0 atom stereocenters. The fourth-order valence-electron chi connectivity index (χ4n) is 3.85. The summed E-state index contributed by atoms with van der Waals surface area (Å²) in [7, 11) is -3.37. The molecule has 2 heterocycles. The molecule has 0 unspecified atom stereocenters. The summed E-state index contributed by atoms with van der Waals surface area (Å²) in [6.45, 7) is 7.35. The molecule has 2 aromatic carbocycles. The van der Waals surface area contributed by atoms with E-state index in [2.05, 4.69) is 43.0 Å². The monoisotopic (exact) mass is 370 g/mol. The number of rotatable bonds is 4. The molecular weight excluding hydrogens is 344 g/mol. The third-order valence-electron chi connectivity index (χ3n) is 5.69. The Kier molecular flexibility index (Phi) is 4.63. The molecule has 1 fully saturated rings. The van der Waals surface area contributed by atoms with E-state index in [0.29, 0.717) is 29.9 Å². The van der Waals surface area contributed by atoms with Gasteiger partial charge in [0.2, 0.25) is 10.0 Å². The molecule has 0 N–H and O–H groups in total. The maximum absolute atomic E-state index is 12.8. The van der Waals surface area contributed by atoms with E-state index in [1.54, 1.807) is 16.4 Å². The van der Waals surface area contributed by atoms with Gasteiger partial charge in [0.1, 0.15) is 0 Å². The first-order valence-electron chi connectivity index (χ1n) is 9.36. The molecule has 4 rings (SSSR count). The van der Waals surface area contributed by atoms with Gasteiger partial charge in [-0.3, -0.25) is 4.90 Å². The van der Waals surface area contributed by atoms with Crippen LogP contribution in [0.25, 0.3) is 0 Å². The summed E-state index contributed by atoms with van der Waals surface area (Å²) in [5.74, 6) is 0.405. The van der Waals surface area contributed by atoms with Crippen molar-refractivity contribution in [2.75, 3.05) is 19.6 Å². The van der Waals surface area contributed by atoms with E-state index in [-0.39, 0.29) is 0 Å². The Hall–Kier alpha value is -1.69. The molecule has 2 aromatic rings. The lowest BCUT2D eigenvalue weighted by atomic mass is 9.97. The second-order valence-corrected chi connectivity index (χ2v) is 9.63. The van der Waals surface area contributed by atoms with Crippen LogP contribution in [-0.2, 0) is 23.0 Å². The van der Waals surface area contributed by atoms with Crippen molar-refractivity contribution in [1.29, 1.82) is 0 Å². The number of hydrogen-bond acceptors (Lipinski definition) is 3. The highest BCUT2D eigenvalue weighted by molar-refractivity contribution is 7.89. The summed E-state index contributed by atoms with van der Waals surface area (Å²) in [6, 6.07) is 16.2. The zero-order chi connectivity index (χ0) is 18.3. The normalized spacial score (nSPS) is 19.3. The smallest absolute Gasteiger partial charge is 0.243 e. The van der Waals surface area contributed by atoms with Crippen LogP contribution in [0, 0.1) is 0 Å². The first-order valence-corrected chi connectivity index (χ1v) is 10.8. The summed E-state index contributed by atoms with van der Waals surface area (Å²) < 4.78 is 27.3. The van der Waals surface area contributed by atoms with Crippen LogP contribution >= 0.6 is 0 Å². The van der Waals surface area contributed by atoms with Gasteiger partial charge in [0.25, 0.3) is 0 Å². The molecule has 0 aromatic heterocycles. The predicted octanol–water partition coefficient (Wildman–Crippen LogP) is 3.24. The summed E-state index contributed by atoms with van der Waals surface area (Å²) in [5, 5.41) is 0. The van der Waals surface area contributed by atoms with Crippen molar-refractivity contribution < 1.29 is 8.42 Å². The Morgan fingerprint density at radius 3 is 2.27 bits per heavy atom. The van der Waals surface area contributed by atoms with Gasteiger partial charge in [-0.05, 0) is 41.2 Å². The largest absolute Gasteiger partial charge is 0.293 e. The molecule has 26 heavy (non-hydrogen) atoms. The average molecular weight is 371 g/mol. The molecule has 0 spiro atoms. The van der Waals surface area contributed by atoms with Gasteiger partial charge >= 0.3 is 0 Å². The Morgan fingerprint density at radius 1 is 0.962 bits per heavy atom. The van der Waals surface area contributed by atoms with Crippen LogP contribution in [0.5, 0.6) is 0 Å². The molecule has 0 bridgehead atoms. The molecule has 2 aliphatic rings. The number of benzene rings is 2. The second kappa shape index (κ2) is 6.80. The van der Waals surface area contributed by atoms with Crippen LogP contribution in [0.15, 0.2) is 53.4 Å². The van der Waals surface area contributed by atoms with Gasteiger partial charge in [-0.2, -0.15) is 4.31 Å². The van der Waals surface area contributed by atoms with Gasteiger partial charge in [-0.1, -0.05) is 50.2 Å². The lowest BCUT2D eigenvalue weighted by molar-refractivity contribution is 0.0769. The highest BCUT2D eigenvalue weighted by Gasteiger charge is 2.40. The van der Waals surface area contributed by atoms with Crippen molar-refractivity contribution >= 4 is 10.0 Å². The van der Waals surface area contributed by atoms with E-state index < -0.39 is 10.0 Å². The quantitative estimate of drug-likeness (QED) is 0.830. The molecule has 4 nitrogen and oxygen atoms in total. The molecule has 0 saturated carbocycles. The summed E-state index contributed by atoms with van der Waals surface area (Å²) in [5.41, 5.74) is 3.97. The van der Waals surface area contributed by atoms with Gasteiger partial charge < -0.3 is 0 Å². The molecule has 2 aliphatic heterocycles. The average Bonchev–Trinajstić information content (AvgIpc) is 2.60. The molecule has 0 amide bonds. The Labute approximate surface area is 156 Å². The first-order chi connectivity index (χ1) is 12.4. The summed E-state index contributed by atoms with van der Waals surface area (Å²) in [4.78, 5) is 2.83. The van der Waals surface area contributed by atoms with E-state index in [1.807, 2.05) is 12.1 Å². The van der Waals surface area contributed by atoms with Crippen molar-refractivity contribution in [2.45, 2.75) is 43.7 Å². The minimum absolute atomic E-state index is 0.327. The third kappa shape index (κ3) is 3.20. The van der Waals surface area contributed by atoms with Gasteiger partial charge in [0, 0.05) is 32.2 Å². The first kappa shape index (κ1) is 17.7. The van der Waals surface area contributed by atoms with E-state index in [9.17, 15) is 8.42 Å². The van der Waals surface area contributed by atoms with Crippen molar-refractivity contribution in [3.8, 4) is 0 Å². The Bertz CT molecular complexity index is 884. The second-order valence-electron chi connectivity index (χ2n) is 7.69. The SMILES string of the molecule is CC(C)c1ccc(S(=O)(=O)N2CC(N3CCc4ccccc4C3)C2)cc1. The maximum atomic E-state index is 12.8. The fourth-order valence-corrected chi connectivity index (χ4v) is 5.36. The van der Waals surface area contributed by atoms with Crippen LogP contribution in [-0.4, -0.2) is 43.3 Å². The third-order valence-corrected chi connectivity index (χ3v) is 7.54. The number of nitrogens with zero attached hydrogens (tertiary/aromatic N) is 2. The maximum Gasteiger partial charge on any atom is 0.243 e. The molecule has 1 saturated heterocycles. The Morgan fingerprint density at radius 2 is 1.62 bits per heavy atom. The number of sulfonamides is 1. The minimum atomic E-state index is -3.37. The molecule has 0 radical (unpaired) electrons. The zero-order valence-electron chi connectivity index (χ0n) is 15.4. The molecule has 5 heteroatoms. The van der Waals surface area contributed by atoms with Crippen molar-refractivity contribution in [3.63, 3.8) is 0 Å². The standard InChI is InChI=1S/C21H26N2O2S/c1-16(2)17-7-9-21(10-8-17)26(24,25)23-14-20(15-23)22-12-11-18-5-3-4-6-19(18)13-22/h3-10,16,20H,11-15H2,1-2H3. The number of fused-ring (bicyclic) bond motifs is 1. The van der Waals surface area contributed by atoms with E-state index >= 15 is 0 Å². The van der Waals surface area contributed by atoms with Crippen LogP contribution in [0.4, 0.5) is 0 Å². The van der Waals surface area contributed by atoms with E-state index in [1.165, 1.54) is 11.1 Å². The highest BCUT2D eigenvalue weighted by atomic mass is 32.2. The summed E-state index contributed by atoms with van der Waals surface area (Å²) >= 11 is 0. The topological polar surface area (TPSA) is 40.6 Å². The highest BCUT2D eigenvalue weighted by Crippen LogP contribution is 2.28. The number of hydrogen-bond donors (Lipinski definition) is 0. The lowest BCUT2D eigenvalue weighted by Crippen LogP contribution is -2.61. The van der Waals surface area contributed by atoms with Crippen LogP contribution in [0.1, 0.15) is 36.5 Å². The predicted molar refractivity (Wildman–Crippen MR) is 104 cm³/mol. The van der Waals surface area contributed by atoms with E-state index in [4.69, 9.17) is 0 Å². The zero-order valence-corrected chi connectivity index (χ0v) is 16.2. The van der Waals surface area contributed by atoms with Gasteiger partial charge in [0.15, 0.2) is 0 Å². The van der Waals surface area contributed by atoms with Gasteiger partial charge in [0.05, 0.1) is 4.90 Å². The van der Waals surface area contributed by atoms with Gasteiger partial charge in [-0.15, -0.1) is 0 Å². The van der Waals surface area contributed by atoms with Crippen LogP contribution in [0.2, 0.25) is 0 Å². The summed E-state index contributed by atoms with van der Waals surface area (Å²) in [6.07, 6.45) is 1.05. The van der Waals surface area contributed by atoms with Crippen molar-refractivity contribution in [3.05, 3.63) is 65.2 Å². The Balaban J connectivity index is 1.41. The minimum Gasteiger partial charge on any atom is -0.293 e.